The van der Waals surface area contributed by atoms with Crippen LogP contribution in [0.25, 0.3) is 0 Å². The van der Waals surface area contributed by atoms with Crippen molar-refractivity contribution in [3.63, 3.8) is 0 Å². The van der Waals surface area contributed by atoms with E-state index in [4.69, 9.17) is 0 Å². The van der Waals surface area contributed by atoms with E-state index in [0.29, 0.717) is 18.0 Å². The van der Waals surface area contributed by atoms with Crippen LogP contribution in [0.2, 0.25) is 0 Å². The molecular formula is C18H23BrN2O2. The lowest BCUT2D eigenvalue weighted by Gasteiger charge is -2.34. The Kier molecular flexibility index (Phi) is 5.05. The molecule has 5 heteroatoms. The van der Waals surface area contributed by atoms with Gasteiger partial charge in [-0.1, -0.05) is 22.9 Å². The first-order valence-electron chi connectivity index (χ1n) is 8.41. The number of benzene rings is 1. The summed E-state index contributed by atoms with van der Waals surface area (Å²) in [4.78, 5) is 29.3. The quantitative estimate of drug-likeness (QED) is 0.791. The maximum Gasteiger partial charge on any atom is 0.254 e. The Bertz CT molecular complexity index is 579. The van der Waals surface area contributed by atoms with Crippen molar-refractivity contribution in [2.75, 3.05) is 19.6 Å². The van der Waals surface area contributed by atoms with Gasteiger partial charge in [-0.15, -0.1) is 0 Å². The third-order valence-corrected chi connectivity index (χ3v) is 5.51. The summed E-state index contributed by atoms with van der Waals surface area (Å²) in [6.45, 7) is 4.57. The largest absolute Gasteiger partial charge is 0.341 e. The third-order valence-electron chi connectivity index (χ3n) is 4.99. The minimum atomic E-state index is -0.278. The molecule has 0 aliphatic carbocycles. The number of hydrogen-bond donors (Lipinski definition) is 0. The summed E-state index contributed by atoms with van der Waals surface area (Å²) in [5.74, 6) is 0.807. The molecule has 2 saturated heterocycles. The highest BCUT2D eigenvalue weighted by Crippen LogP contribution is 2.25. The molecule has 3 rings (SSSR count). The first kappa shape index (κ1) is 16.5. The van der Waals surface area contributed by atoms with Gasteiger partial charge in [-0.05, 0) is 55.9 Å². The molecule has 0 radical (unpaired) electrons. The molecule has 23 heavy (non-hydrogen) atoms. The van der Waals surface area contributed by atoms with Crippen LogP contribution in [0.4, 0.5) is 0 Å². The van der Waals surface area contributed by atoms with Crippen molar-refractivity contribution in [2.45, 2.75) is 38.6 Å². The average Bonchev–Trinajstić information content (AvgIpc) is 3.04. The van der Waals surface area contributed by atoms with Gasteiger partial charge in [0.1, 0.15) is 6.04 Å². The van der Waals surface area contributed by atoms with E-state index in [1.807, 2.05) is 29.2 Å². The molecular weight excluding hydrogens is 356 g/mol. The predicted octanol–water partition coefficient (Wildman–Crippen LogP) is 3.31. The zero-order valence-electron chi connectivity index (χ0n) is 13.5. The molecule has 2 fully saturated rings. The Morgan fingerprint density at radius 2 is 1.70 bits per heavy atom. The van der Waals surface area contributed by atoms with Gasteiger partial charge in [0.25, 0.3) is 5.91 Å². The highest BCUT2D eigenvalue weighted by atomic mass is 79.9. The van der Waals surface area contributed by atoms with Crippen LogP contribution >= 0.6 is 15.9 Å². The first-order valence-corrected chi connectivity index (χ1v) is 9.21. The molecule has 1 atom stereocenters. The fourth-order valence-electron chi connectivity index (χ4n) is 3.46. The summed E-state index contributed by atoms with van der Waals surface area (Å²) in [6, 6.07) is 7.08. The van der Waals surface area contributed by atoms with Crippen molar-refractivity contribution >= 4 is 27.7 Å². The number of halogens is 1. The van der Waals surface area contributed by atoms with Gasteiger partial charge in [0.2, 0.25) is 5.91 Å². The monoisotopic (exact) mass is 378 g/mol. The van der Waals surface area contributed by atoms with Crippen LogP contribution in [0.5, 0.6) is 0 Å². The zero-order chi connectivity index (χ0) is 16.4. The lowest BCUT2D eigenvalue weighted by Crippen LogP contribution is -2.49. The second kappa shape index (κ2) is 7.04. The molecule has 0 spiro atoms. The smallest absolute Gasteiger partial charge is 0.254 e. The van der Waals surface area contributed by atoms with Gasteiger partial charge in [0, 0.05) is 29.7 Å². The van der Waals surface area contributed by atoms with E-state index in [1.165, 1.54) is 0 Å². The second-order valence-electron chi connectivity index (χ2n) is 6.67. The molecule has 2 heterocycles. The molecule has 0 saturated carbocycles. The lowest BCUT2D eigenvalue weighted by molar-refractivity contribution is -0.136. The Hall–Kier alpha value is -1.36. The maximum absolute atomic E-state index is 12.8. The summed E-state index contributed by atoms with van der Waals surface area (Å²) in [6.07, 6.45) is 3.83. The molecule has 2 aliphatic rings. The van der Waals surface area contributed by atoms with Gasteiger partial charge in [0.05, 0.1) is 0 Å². The molecule has 1 aromatic rings. The third kappa shape index (κ3) is 3.60. The molecule has 124 valence electrons. The summed E-state index contributed by atoms with van der Waals surface area (Å²) in [5, 5.41) is 0. The number of carbonyl (C=O) groups excluding carboxylic acids is 2. The maximum atomic E-state index is 12.8. The molecule has 0 aromatic heterocycles. The molecule has 0 unspecified atom stereocenters. The lowest BCUT2D eigenvalue weighted by atomic mass is 9.98. The molecule has 0 bridgehead atoms. The summed E-state index contributed by atoms with van der Waals surface area (Å²) in [7, 11) is 0. The van der Waals surface area contributed by atoms with E-state index in [0.717, 1.165) is 43.2 Å². The SMILES string of the molecule is CC1CCN(C(=O)[C@@H]2CCCN2C(=O)c2ccc(Br)cc2)CC1. The molecule has 2 amide bonds. The minimum Gasteiger partial charge on any atom is -0.341 e. The van der Waals surface area contributed by atoms with Gasteiger partial charge in [0.15, 0.2) is 0 Å². The Labute approximate surface area is 146 Å². The van der Waals surface area contributed by atoms with Crippen LogP contribution in [0.15, 0.2) is 28.7 Å². The van der Waals surface area contributed by atoms with Crippen molar-refractivity contribution in [1.29, 1.82) is 0 Å². The summed E-state index contributed by atoms with van der Waals surface area (Å²) < 4.78 is 0.950. The van der Waals surface area contributed by atoms with Gasteiger partial charge < -0.3 is 9.80 Å². The highest BCUT2D eigenvalue weighted by Gasteiger charge is 2.37. The van der Waals surface area contributed by atoms with Crippen LogP contribution in [-0.2, 0) is 4.79 Å². The normalized spacial score (nSPS) is 22.4. The van der Waals surface area contributed by atoms with Gasteiger partial charge in [-0.25, -0.2) is 0 Å². The number of rotatable bonds is 2. The number of piperidine rings is 1. The van der Waals surface area contributed by atoms with Crippen LogP contribution in [-0.4, -0.2) is 47.3 Å². The standard InChI is InChI=1S/C18H23BrN2O2/c1-13-8-11-20(12-9-13)18(23)16-3-2-10-21(16)17(22)14-4-6-15(19)7-5-14/h4-7,13,16H,2-3,8-12H2,1H3/t16-/m0/s1. The number of carbonyl (C=O) groups is 2. The van der Waals surface area contributed by atoms with Crippen molar-refractivity contribution in [3.05, 3.63) is 34.3 Å². The van der Waals surface area contributed by atoms with Crippen molar-refractivity contribution in [2.24, 2.45) is 5.92 Å². The predicted molar refractivity (Wildman–Crippen MR) is 93.2 cm³/mol. The number of likely N-dealkylation sites (tertiary alicyclic amines) is 2. The Morgan fingerprint density at radius 3 is 2.35 bits per heavy atom. The molecule has 1 aromatic carbocycles. The summed E-state index contributed by atoms with van der Waals surface area (Å²) in [5.41, 5.74) is 0.653. The molecule has 0 N–H and O–H groups in total. The van der Waals surface area contributed by atoms with Gasteiger partial charge in [-0.3, -0.25) is 9.59 Å². The van der Waals surface area contributed by atoms with E-state index in [9.17, 15) is 9.59 Å². The van der Waals surface area contributed by atoms with E-state index in [-0.39, 0.29) is 17.9 Å². The van der Waals surface area contributed by atoms with Crippen LogP contribution in [0.3, 0.4) is 0 Å². The second-order valence-corrected chi connectivity index (χ2v) is 7.59. The van der Waals surface area contributed by atoms with Crippen LogP contribution in [0, 0.1) is 5.92 Å². The Balaban J connectivity index is 1.70. The van der Waals surface area contributed by atoms with Crippen molar-refractivity contribution in [1.82, 2.24) is 9.80 Å². The zero-order valence-corrected chi connectivity index (χ0v) is 15.1. The highest BCUT2D eigenvalue weighted by molar-refractivity contribution is 9.10. The van der Waals surface area contributed by atoms with Crippen LogP contribution in [0.1, 0.15) is 43.0 Å². The van der Waals surface area contributed by atoms with Crippen molar-refractivity contribution in [3.8, 4) is 0 Å². The minimum absolute atomic E-state index is 0.0290. The Morgan fingerprint density at radius 1 is 1.04 bits per heavy atom. The number of nitrogens with zero attached hydrogens (tertiary/aromatic N) is 2. The van der Waals surface area contributed by atoms with E-state index in [2.05, 4.69) is 22.9 Å². The number of amides is 2. The van der Waals surface area contributed by atoms with E-state index >= 15 is 0 Å². The van der Waals surface area contributed by atoms with Crippen LogP contribution < -0.4 is 0 Å². The van der Waals surface area contributed by atoms with Gasteiger partial charge in [-0.2, -0.15) is 0 Å². The average molecular weight is 379 g/mol. The summed E-state index contributed by atoms with van der Waals surface area (Å²) >= 11 is 3.38. The first-order chi connectivity index (χ1) is 11.1. The number of hydrogen-bond acceptors (Lipinski definition) is 2. The van der Waals surface area contributed by atoms with Gasteiger partial charge >= 0.3 is 0 Å². The fraction of sp³-hybridized carbons (Fsp3) is 0.556. The molecule has 4 nitrogen and oxygen atoms in total. The van der Waals surface area contributed by atoms with E-state index in [1.54, 1.807) is 4.90 Å². The topological polar surface area (TPSA) is 40.6 Å². The fourth-order valence-corrected chi connectivity index (χ4v) is 3.73. The molecule has 2 aliphatic heterocycles. The van der Waals surface area contributed by atoms with E-state index < -0.39 is 0 Å². The van der Waals surface area contributed by atoms with Crippen molar-refractivity contribution < 1.29 is 9.59 Å².